The Bertz CT molecular complexity index is 690. The maximum atomic E-state index is 12.1. The van der Waals surface area contributed by atoms with Gasteiger partial charge in [-0.25, -0.2) is 0 Å². The van der Waals surface area contributed by atoms with Gasteiger partial charge in [-0.3, -0.25) is 14.2 Å². The van der Waals surface area contributed by atoms with Crippen LogP contribution >= 0.6 is 0 Å². The van der Waals surface area contributed by atoms with Crippen LogP contribution in [-0.2, 0) is 6.42 Å². The Morgan fingerprint density at radius 3 is 3.00 bits per heavy atom. The van der Waals surface area contributed by atoms with Gasteiger partial charge in [0.15, 0.2) is 11.4 Å². The van der Waals surface area contributed by atoms with Gasteiger partial charge >= 0.3 is 0 Å². The lowest BCUT2D eigenvalue weighted by Crippen LogP contribution is -2.06. The number of hydrogen-bond donors (Lipinski definition) is 0. The summed E-state index contributed by atoms with van der Waals surface area (Å²) in [5.41, 5.74) is 2.03. The minimum absolute atomic E-state index is 0.0216. The van der Waals surface area contributed by atoms with Crippen LogP contribution in [0.4, 0.5) is 0 Å². The molecule has 0 aliphatic carbocycles. The second kappa shape index (κ2) is 4.37. The molecule has 18 heavy (non-hydrogen) atoms. The number of rotatable bonds is 3. The quantitative estimate of drug-likeness (QED) is 0.649. The molecule has 0 atom stereocenters. The number of pyridine rings is 2. The normalized spacial score (nSPS) is 10.7. The third kappa shape index (κ3) is 1.86. The summed E-state index contributed by atoms with van der Waals surface area (Å²) in [5, 5.41) is 7.83. The number of ketones is 1. The SMILES string of the molecule is O=C(Cc1cccn2cnnc12)c1ccccn1. The third-order valence-corrected chi connectivity index (χ3v) is 2.71. The molecule has 0 radical (unpaired) electrons. The minimum atomic E-state index is -0.0216. The first-order chi connectivity index (χ1) is 8.84. The van der Waals surface area contributed by atoms with E-state index in [0.29, 0.717) is 11.3 Å². The Hall–Kier alpha value is -2.56. The van der Waals surface area contributed by atoms with Gasteiger partial charge in [0.25, 0.3) is 0 Å². The van der Waals surface area contributed by atoms with E-state index >= 15 is 0 Å². The summed E-state index contributed by atoms with van der Waals surface area (Å²) in [4.78, 5) is 16.1. The number of hydrogen-bond acceptors (Lipinski definition) is 4. The van der Waals surface area contributed by atoms with Crippen molar-refractivity contribution in [1.29, 1.82) is 0 Å². The van der Waals surface area contributed by atoms with Crippen LogP contribution in [-0.4, -0.2) is 25.4 Å². The van der Waals surface area contributed by atoms with E-state index in [1.54, 1.807) is 35.1 Å². The van der Waals surface area contributed by atoms with Gasteiger partial charge in [0, 0.05) is 24.4 Å². The molecule has 0 spiro atoms. The number of nitrogens with zero attached hydrogens (tertiary/aromatic N) is 4. The first-order valence-electron chi connectivity index (χ1n) is 5.56. The molecule has 0 aromatic carbocycles. The highest BCUT2D eigenvalue weighted by atomic mass is 16.1. The molecule has 0 aliphatic heterocycles. The molecule has 0 saturated heterocycles. The number of aromatic nitrogens is 4. The van der Waals surface area contributed by atoms with Gasteiger partial charge in [-0.05, 0) is 18.2 Å². The molecule has 3 aromatic rings. The van der Waals surface area contributed by atoms with Gasteiger partial charge in [-0.15, -0.1) is 10.2 Å². The van der Waals surface area contributed by atoms with E-state index in [0.717, 1.165) is 5.56 Å². The van der Waals surface area contributed by atoms with Crippen molar-refractivity contribution in [1.82, 2.24) is 19.6 Å². The van der Waals surface area contributed by atoms with E-state index in [9.17, 15) is 4.79 Å². The lowest BCUT2D eigenvalue weighted by Gasteiger charge is -2.02. The molecule has 5 nitrogen and oxygen atoms in total. The van der Waals surface area contributed by atoms with E-state index < -0.39 is 0 Å². The molecule has 0 unspecified atom stereocenters. The summed E-state index contributed by atoms with van der Waals surface area (Å²) >= 11 is 0. The Morgan fingerprint density at radius 1 is 1.22 bits per heavy atom. The molecule has 3 heterocycles. The smallest absolute Gasteiger partial charge is 0.185 e. The zero-order valence-corrected chi connectivity index (χ0v) is 9.52. The number of carbonyl (C=O) groups excluding carboxylic acids is 1. The summed E-state index contributed by atoms with van der Waals surface area (Å²) in [6.07, 6.45) is 5.36. The van der Waals surface area contributed by atoms with Crippen molar-refractivity contribution in [2.45, 2.75) is 6.42 Å². The lowest BCUT2D eigenvalue weighted by atomic mass is 10.1. The van der Waals surface area contributed by atoms with Gasteiger partial charge in [0.2, 0.25) is 0 Å². The van der Waals surface area contributed by atoms with Gasteiger partial charge in [0.05, 0.1) is 0 Å². The van der Waals surface area contributed by atoms with E-state index in [-0.39, 0.29) is 12.2 Å². The summed E-state index contributed by atoms with van der Waals surface area (Å²) < 4.78 is 1.79. The van der Waals surface area contributed by atoms with Crippen LogP contribution in [0.2, 0.25) is 0 Å². The second-order valence-corrected chi connectivity index (χ2v) is 3.91. The van der Waals surface area contributed by atoms with Crippen LogP contribution in [0, 0.1) is 0 Å². The number of Topliss-reactive ketones (excluding diaryl/α,β-unsaturated/α-hetero) is 1. The van der Waals surface area contributed by atoms with Crippen molar-refractivity contribution in [3.8, 4) is 0 Å². The van der Waals surface area contributed by atoms with Crippen LogP contribution in [0.25, 0.3) is 5.65 Å². The first-order valence-corrected chi connectivity index (χ1v) is 5.56. The summed E-state index contributed by atoms with van der Waals surface area (Å²) in [6.45, 7) is 0. The molecule has 88 valence electrons. The maximum absolute atomic E-state index is 12.1. The Labute approximate surface area is 103 Å². The molecular weight excluding hydrogens is 228 g/mol. The fourth-order valence-electron chi connectivity index (χ4n) is 1.84. The first kappa shape index (κ1) is 10.6. The molecule has 0 N–H and O–H groups in total. The third-order valence-electron chi connectivity index (χ3n) is 2.71. The summed E-state index contributed by atoms with van der Waals surface area (Å²) in [6, 6.07) is 9.06. The van der Waals surface area contributed by atoms with Gasteiger partial charge < -0.3 is 0 Å². The molecule has 0 amide bonds. The second-order valence-electron chi connectivity index (χ2n) is 3.91. The van der Waals surface area contributed by atoms with Crippen LogP contribution in [0.3, 0.4) is 0 Å². The average Bonchev–Trinajstić information content (AvgIpc) is 2.89. The zero-order valence-electron chi connectivity index (χ0n) is 9.52. The van der Waals surface area contributed by atoms with Crippen LogP contribution < -0.4 is 0 Å². The van der Waals surface area contributed by atoms with E-state index in [2.05, 4.69) is 15.2 Å². The van der Waals surface area contributed by atoms with Gasteiger partial charge in [0.1, 0.15) is 12.0 Å². The molecule has 0 fully saturated rings. The molecule has 3 aromatic heterocycles. The predicted octanol–water partition coefficient (Wildman–Crippen LogP) is 1.55. The summed E-state index contributed by atoms with van der Waals surface area (Å²) in [7, 11) is 0. The maximum Gasteiger partial charge on any atom is 0.185 e. The van der Waals surface area contributed by atoms with Gasteiger partial charge in [-0.1, -0.05) is 12.1 Å². The molecular formula is C13H10N4O. The molecule has 5 heteroatoms. The highest BCUT2D eigenvalue weighted by Gasteiger charge is 2.11. The van der Waals surface area contributed by atoms with Crippen molar-refractivity contribution in [2.75, 3.05) is 0 Å². The molecule has 3 rings (SSSR count). The van der Waals surface area contributed by atoms with E-state index in [1.165, 1.54) is 0 Å². The van der Waals surface area contributed by atoms with Crippen molar-refractivity contribution >= 4 is 11.4 Å². The number of carbonyl (C=O) groups is 1. The van der Waals surface area contributed by atoms with Crippen LogP contribution in [0.1, 0.15) is 16.1 Å². The molecule has 0 aliphatic rings. The molecule has 0 bridgehead atoms. The minimum Gasteiger partial charge on any atom is -0.292 e. The zero-order chi connectivity index (χ0) is 12.4. The highest BCUT2D eigenvalue weighted by molar-refractivity contribution is 5.96. The van der Waals surface area contributed by atoms with Crippen molar-refractivity contribution in [2.24, 2.45) is 0 Å². The van der Waals surface area contributed by atoms with Crippen LogP contribution in [0.15, 0.2) is 49.1 Å². The van der Waals surface area contributed by atoms with E-state index in [4.69, 9.17) is 0 Å². The Morgan fingerprint density at radius 2 is 2.17 bits per heavy atom. The van der Waals surface area contributed by atoms with E-state index in [1.807, 2.05) is 18.3 Å². The van der Waals surface area contributed by atoms with Crippen molar-refractivity contribution < 1.29 is 4.79 Å². The van der Waals surface area contributed by atoms with Crippen LogP contribution in [0.5, 0.6) is 0 Å². The fourth-order valence-corrected chi connectivity index (χ4v) is 1.84. The monoisotopic (exact) mass is 238 g/mol. The Balaban J connectivity index is 1.93. The summed E-state index contributed by atoms with van der Waals surface area (Å²) in [5.74, 6) is -0.0216. The largest absolute Gasteiger partial charge is 0.292 e. The predicted molar refractivity (Wildman–Crippen MR) is 65.3 cm³/mol. The van der Waals surface area contributed by atoms with Crippen molar-refractivity contribution in [3.05, 3.63) is 60.3 Å². The number of fused-ring (bicyclic) bond motifs is 1. The lowest BCUT2D eigenvalue weighted by molar-refractivity contribution is 0.0988. The highest BCUT2D eigenvalue weighted by Crippen LogP contribution is 2.10. The average molecular weight is 238 g/mol. The Kier molecular flexibility index (Phi) is 2.57. The fraction of sp³-hybridized carbons (Fsp3) is 0.0769. The van der Waals surface area contributed by atoms with Gasteiger partial charge in [-0.2, -0.15) is 0 Å². The van der Waals surface area contributed by atoms with Crippen molar-refractivity contribution in [3.63, 3.8) is 0 Å². The molecule has 0 saturated carbocycles. The standard InChI is InChI=1S/C13H10N4O/c18-12(11-5-1-2-6-14-11)8-10-4-3-7-17-9-15-16-13(10)17/h1-7,9H,8H2. The topological polar surface area (TPSA) is 60.2 Å².